The van der Waals surface area contributed by atoms with Crippen molar-refractivity contribution in [2.24, 2.45) is 4.99 Å². The highest BCUT2D eigenvalue weighted by atomic mass is 127. The molecule has 1 aromatic carbocycles. The van der Waals surface area contributed by atoms with E-state index in [0.29, 0.717) is 6.54 Å². The molecule has 2 aromatic rings. The number of allylic oxidation sites excluding steroid dienone is 1. The number of halogens is 1. The quantitative estimate of drug-likeness (QED) is 0.195. The molecule has 2 rings (SSSR count). The second kappa shape index (κ2) is 12.2. The molecule has 0 saturated carbocycles. The summed E-state index contributed by atoms with van der Waals surface area (Å²) >= 11 is 0. The number of carbonyl (C=O) groups excluding carboxylic acids is 1. The number of guanidine groups is 1. The smallest absolute Gasteiger partial charge is 0.291 e. The van der Waals surface area contributed by atoms with E-state index in [1.807, 2.05) is 37.4 Å². The minimum absolute atomic E-state index is 0. The standard InChI is InChI=1S/C20H26N4O2.HI/c1-4-5-6-12-24(3)20(21-2)22-15-16-9-7-10-17(14-16)23-19(25)18-11-8-13-26-18;/h4,7-11,13-14H,1,5-6,12,15H2,2-3H3,(H,21,22)(H,23,25);1H. The zero-order valence-electron chi connectivity index (χ0n) is 15.8. The zero-order chi connectivity index (χ0) is 18.8. The maximum absolute atomic E-state index is 12.1. The van der Waals surface area contributed by atoms with Gasteiger partial charge in [-0.15, -0.1) is 30.6 Å². The molecule has 1 aromatic heterocycles. The molecule has 7 heteroatoms. The summed E-state index contributed by atoms with van der Waals surface area (Å²) in [6, 6.07) is 11.0. The van der Waals surface area contributed by atoms with Crippen molar-refractivity contribution in [3.05, 3.63) is 66.6 Å². The van der Waals surface area contributed by atoms with Gasteiger partial charge < -0.3 is 20.0 Å². The third-order valence-electron chi connectivity index (χ3n) is 3.86. The van der Waals surface area contributed by atoms with Gasteiger partial charge in [-0.1, -0.05) is 18.2 Å². The maximum atomic E-state index is 12.1. The van der Waals surface area contributed by atoms with Gasteiger partial charge in [-0.05, 0) is 42.7 Å². The Bertz CT molecular complexity index is 744. The number of anilines is 1. The van der Waals surface area contributed by atoms with Gasteiger partial charge in [0.25, 0.3) is 5.91 Å². The van der Waals surface area contributed by atoms with Crippen LogP contribution in [0.2, 0.25) is 0 Å². The van der Waals surface area contributed by atoms with Gasteiger partial charge >= 0.3 is 0 Å². The lowest BCUT2D eigenvalue weighted by Gasteiger charge is -2.22. The molecule has 0 bridgehead atoms. The van der Waals surface area contributed by atoms with Crippen LogP contribution in [-0.4, -0.2) is 37.4 Å². The highest BCUT2D eigenvalue weighted by Gasteiger charge is 2.09. The zero-order valence-corrected chi connectivity index (χ0v) is 18.1. The summed E-state index contributed by atoms with van der Waals surface area (Å²) in [5.41, 5.74) is 1.77. The molecule has 2 N–H and O–H groups in total. The first kappa shape index (κ1) is 22.8. The normalized spacial score (nSPS) is 10.7. The second-order valence-electron chi connectivity index (χ2n) is 5.89. The van der Waals surface area contributed by atoms with Crippen LogP contribution in [0.5, 0.6) is 0 Å². The number of rotatable bonds is 8. The number of amides is 1. The predicted molar refractivity (Wildman–Crippen MR) is 121 cm³/mol. The lowest BCUT2D eigenvalue weighted by atomic mass is 10.2. The van der Waals surface area contributed by atoms with Gasteiger partial charge in [0.15, 0.2) is 11.7 Å². The van der Waals surface area contributed by atoms with Crippen molar-refractivity contribution in [1.29, 1.82) is 0 Å². The predicted octanol–water partition coefficient (Wildman–Crippen LogP) is 4.12. The van der Waals surface area contributed by atoms with E-state index in [-0.39, 0.29) is 35.6 Å². The first-order valence-corrected chi connectivity index (χ1v) is 8.60. The molecule has 0 spiro atoms. The summed E-state index contributed by atoms with van der Waals surface area (Å²) in [5.74, 6) is 0.854. The van der Waals surface area contributed by atoms with Crippen LogP contribution in [0.1, 0.15) is 29.0 Å². The van der Waals surface area contributed by atoms with E-state index in [1.54, 1.807) is 19.2 Å². The van der Waals surface area contributed by atoms with Crippen LogP contribution in [-0.2, 0) is 6.54 Å². The average Bonchev–Trinajstić information content (AvgIpc) is 3.18. The Morgan fingerprint density at radius 1 is 1.33 bits per heavy atom. The lowest BCUT2D eigenvalue weighted by molar-refractivity contribution is 0.0996. The number of hydrogen-bond donors (Lipinski definition) is 2. The topological polar surface area (TPSA) is 69.9 Å². The highest BCUT2D eigenvalue weighted by molar-refractivity contribution is 14.0. The van der Waals surface area contributed by atoms with Gasteiger partial charge in [-0.3, -0.25) is 9.79 Å². The molecule has 0 atom stereocenters. The number of nitrogens with one attached hydrogen (secondary N) is 2. The Labute approximate surface area is 177 Å². The van der Waals surface area contributed by atoms with Crippen LogP contribution < -0.4 is 10.6 Å². The van der Waals surface area contributed by atoms with Crippen LogP contribution in [0.15, 0.2) is 64.7 Å². The van der Waals surface area contributed by atoms with Crippen LogP contribution in [0, 0.1) is 0 Å². The number of unbranched alkanes of at least 4 members (excludes halogenated alkanes) is 1. The lowest BCUT2D eigenvalue weighted by Crippen LogP contribution is -2.38. The Morgan fingerprint density at radius 3 is 2.81 bits per heavy atom. The number of aliphatic imine (C=N–C) groups is 1. The molecule has 1 heterocycles. The fourth-order valence-electron chi connectivity index (χ4n) is 2.50. The number of carbonyl (C=O) groups is 1. The van der Waals surface area contributed by atoms with E-state index in [9.17, 15) is 4.79 Å². The molecule has 0 unspecified atom stereocenters. The van der Waals surface area contributed by atoms with Crippen molar-refractivity contribution in [2.75, 3.05) is 26.0 Å². The van der Waals surface area contributed by atoms with E-state index in [1.165, 1.54) is 6.26 Å². The summed E-state index contributed by atoms with van der Waals surface area (Å²) in [4.78, 5) is 18.5. The summed E-state index contributed by atoms with van der Waals surface area (Å²) in [7, 11) is 3.78. The van der Waals surface area contributed by atoms with Crippen LogP contribution in [0.4, 0.5) is 5.69 Å². The molecule has 27 heavy (non-hydrogen) atoms. The van der Waals surface area contributed by atoms with Crippen LogP contribution in [0.25, 0.3) is 0 Å². The molecule has 1 amide bonds. The first-order valence-electron chi connectivity index (χ1n) is 8.60. The molecule has 0 aliphatic heterocycles. The summed E-state index contributed by atoms with van der Waals surface area (Å²) < 4.78 is 5.11. The molecule has 0 fully saturated rings. The fraction of sp³-hybridized carbons (Fsp3) is 0.300. The van der Waals surface area contributed by atoms with Gasteiger partial charge in [0, 0.05) is 32.9 Å². The number of nitrogens with zero attached hydrogens (tertiary/aromatic N) is 2. The highest BCUT2D eigenvalue weighted by Crippen LogP contribution is 2.13. The van der Waals surface area contributed by atoms with Crippen LogP contribution >= 0.6 is 24.0 Å². The number of benzene rings is 1. The molecule has 0 aliphatic rings. The molecular formula is C20H27IN4O2. The minimum Gasteiger partial charge on any atom is -0.459 e. The van der Waals surface area contributed by atoms with Gasteiger partial charge in [0.05, 0.1) is 6.26 Å². The molecular weight excluding hydrogens is 455 g/mol. The van der Waals surface area contributed by atoms with E-state index in [4.69, 9.17) is 4.42 Å². The third kappa shape index (κ3) is 7.46. The van der Waals surface area contributed by atoms with Crippen molar-refractivity contribution in [1.82, 2.24) is 10.2 Å². The number of hydrogen-bond acceptors (Lipinski definition) is 3. The molecule has 0 aliphatic carbocycles. The molecule has 0 saturated heterocycles. The first-order chi connectivity index (χ1) is 12.6. The Morgan fingerprint density at radius 2 is 2.15 bits per heavy atom. The second-order valence-corrected chi connectivity index (χ2v) is 5.89. The Hall–Kier alpha value is -2.29. The van der Waals surface area contributed by atoms with Crippen LogP contribution in [0.3, 0.4) is 0 Å². The van der Waals surface area contributed by atoms with E-state index >= 15 is 0 Å². The van der Waals surface area contributed by atoms with Gasteiger partial charge in [-0.25, -0.2) is 0 Å². The maximum Gasteiger partial charge on any atom is 0.291 e. The molecule has 146 valence electrons. The Balaban J connectivity index is 0.00000364. The Kier molecular flexibility index (Phi) is 10.2. The summed E-state index contributed by atoms with van der Waals surface area (Å²) in [6.45, 7) is 5.26. The minimum atomic E-state index is -0.266. The van der Waals surface area contributed by atoms with Gasteiger partial charge in [0.1, 0.15) is 0 Å². The van der Waals surface area contributed by atoms with Crippen molar-refractivity contribution in [3.63, 3.8) is 0 Å². The largest absolute Gasteiger partial charge is 0.459 e. The molecule has 6 nitrogen and oxygen atoms in total. The fourth-order valence-corrected chi connectivity index (χ4v) is 2.50. The number of furan rings is 1. The van der Waals surface area contributed by atoms with Crippen molar-refractivity contribution < 1.29 is 9.21 Å². The van der Waals surface area contributed by atoms with E-state index < -0.39 is 0 Å². The van der Waals surface area contributed by atoms with Gasteiger partial charge in [0.2, 0.25) is 0 Å². The summed E-state index contributed by atoms with van der Waals surface area (Å²) in [5, 5.41) is 6.17. The van der Waals surface area contributed by atoms with E-state index in [2.05, 4.69) is 27.1 Å². The van der Waals surface area contributed by atoms with Crippen molar-refractivity contribution in [3.8, 4) is 0 Å². The monoisotopic (exact) mass is 482 g/mol. The van der Waals surface area contributed by atoms with Gasteiger partial charge in [-0.2, -0.15) is 0 Å². The molecule has 0 radical (unpaired) electrons. The summed E-state index contributed by atoms with van der Waals surface area (Å²) in [6.07, 6.45) is 5.42. The SMILES string of the molecule is C=CCCCN(C)C(=NC)NCc1cccc(NC(=O)c2ccco2)c1.I. The van der Waals surface area contributed by atoms with Crippen molar-refractivity contribution in [2.45, 2.75) is 19.4 Å². The third-order valence-corrected chi connectivity index (χ3v) is 3.86. The van der Waals surface area contributed by atoms with Crippen molar-refractivity contribution >= 4 is 41.5 Å². The average molecular weight is 482 g/mol. The van der Waals surface area contributed by atoms with E-state index in [0.717, 1.165) is 36.6 Å².